The van der Waals surface area contributed by atoms with E-state index in [0.717, 1.165) is 5.69 Å². The van der Waals surface area contributed by atoms with Crippen LogP contribution in [0.3, 0.4) is 0 Å². The van der Waals surface area contributed by atoms with Gasteiger partial charge in [-0.1, -0.05) is 6.07 Å². The first-order valence-electron chi connectivity index (χ1n) is 6.35. The van der Waals surface area contributed by atoms with E-state index >= 15 is 0 Å². The van der Waals surface area contributed by atoms with Gasteiger partial charge in [0.15, 0.2) is 0 Å². The Kier molecular flexibility index (Phi) is 3.26. The molecule has 1 amide bonds. The van der Waals surface area contributed by atoms with Crippen LogP contribution >= 0.6 is 0 Å². The molecule has 1 fully saturated rings. The summed E-state index contributed by atoms with van der Waals surface area (Å²) in [4.78, 5) is 17.4. The highest BCUT2D eigenvalue weighted by Gasteiger charge is 2.37. The number of rotatable bonds is 3. The Hall–Kier alpha value is -2.19. The molecule has 0 spiro atoms. The van der Waals surface area contributed by atoms with Crippen LogP contribution in [-0.2, 0) is 14.8 Å². The maximum Gasteiger partial charge on any atom is 0.228 e. The molecule has 0 saturated carbocycles. The highest BCUT2D eigenvalue weighted by Crippen LogP contribution is 2.25. The number of anilines is 1. The number of hydrogen-bond acceptors (Lipinski definition) is 4. The van der Waals surface area contributed by atoms with Gasteiger partial charge in [0.05, 0.1) is 6.33 Å². The summed E-state index contributed by atoms with van der Waals surface area (Å²) in [5, 5.41) is 4.29. The fraction of sp³-hybridized carbons (Fsp3) is 0.231. The second-order valence-electron chi connectivity index (χ2n) is 4.91. The van der Waals surface area contributed by atoms with E-state index in [1.165, 1.54) is 4.90 Å². The van der Waals surface area contributed by atoms with E-state index in [2.05, 4.69) is 4.98 Å². The van der Waals surface area contributed by atoms with E-state index in [1.54, 1.807) is 29.4 Å². The summed E-state index contributed by atoms with van der Waals surface area (Å²) in [7, 11) is -3.71. The number of carbonyl (C=O) groups excluding carboxylic acids is 1. The number of carbonyl (C=O) groups is 1. The van der Waals surface area contributed by atoms with Crippen LogP contribution in [0.4, 0.5) is 5.69 Å². The first-order chi connectivity index (χ1) is 9.95. The predicted molar refractivity (Wildman–Crippen MR) is 77.4 cm³/mol. The van der Waals surface area contributed by atoms with Crippen molar-refractivity contribution in [3.8, 4) is 5.69 Å². The normalized spacial score (nSPS) is 19.2. The number of sulfonamides is 1. The highest BCUT2D eigenvalue weighted by atomic mass is 32.2. The third-order valence-electron chi connectivity index (χ3n) is 3.50. The van der Waals surface area contributed by atoms with Crippen molar-refractivity contribution >= 4 is 21.6 Å². The Morgan fingerprint density at radius 2 is 2.05 bits per heavy atom. The van der Waals surface area contributed by atoms with E-state index in [-0.39, 0.29) is 18.9 Å². The molecule has 1 aliphatic heterocycles. The van der Waals surface area contributed by atoms with Crippen molar-refractivity contribution in [1.29, 1.82) is 0 Å². The summed E-state index contributed by atoms with van der Waals surface area (Å²) >= 11 is 0. The molecule has 21 heavy (non-hydrogen) atoms. The van der Waals surface area contributed by atoms with Crippen LogP contribution in [0, 0.1) is 0 Å². The smallest absolute Gasteiger partial charge is 0.228 e. The summed E-state index contributed by atoms with van der Waals surface area (Å²) in [5.41, 5.74) is 1.49. The van der Waals surface area contributed by atoms with Crippen molar-refractivity contribution in [3.63, 3.8) is 0 Å². The predicted octanol–water partition coefficient (Wildman–Crippen LogP) is 0.266. The second-order valence-corrected chi connectivity index (χ2v) is 6.75. The first kappa shape index (κ1) is 13.8. The van der Waals surface area contributed by atoms with Crippen molar-refractivity contribution < 1.29 is 13.2 Å². The van der Waals surface area contributed by atoms with Crippen LogP contribution in [0.25, 0.3) is 5.69 Å². The lowest BCUT2D eigenvalue weighted by Gasteiger charge is -2.17. The van der Waals surface area contributed by atoms with Gasteiger partial charge in [-0.25, -0.2) is 18.5 Å². The molecule has 2 heterocycles. The minimum atomic E-state index is -3.71. The van der Waals surface area contributed by atoms with E-state index in [9.17, 15) is 13.2 Å². The molecule has 1 aromatic carbocycles. The minimum absolute atomic E-state index is 0.0753. The molecule has 1 saturated heterocycles. The Balaban J connectivity index is 1.91. The largest absolute Gasteiger partial charge is 0.311 e. The molecule has 3 rings (SSSR count). The third-order valence-corrected chi connectivity index (χ3v) is 4.74. The summed E-state index contributed by atoms with van der Waals surface area (Å²) in [6, 6.07) is 7.26. The second kappa shape index (κ2) is 4.97. The number of benzene rings is 1. The molecular formula is C13H14N4O3S. The number of amides is 1. The summed E-state index contributed by atoms with van der Waals surface area (Å²) in [5.74, 6) is -0.239. The lowest BCUT2D eigenvalue weighted by molar-refractivity contribution is -0.117. The lowest BCUT2D eigenvalue weighted by Crippen LogP contribution is -2.32. The topological polar surface area (TPSA) is 98.3 Å². The van der Waals surface area contributed by atoms with Gasteiger partial charge in [0.25, 0.3) is 0 Å². The van der Waals surface area contributed by atoms with Gasteiger partial charge in [0.1, 0.15) is 5.25 Å². The average Bonchev–Trinajstić information content (AvgIpc) is 3.07. The van der Waals surface area contributed by atoms with Crippen LogP contribution in [-0.4, -0.2) is 35.7 Å². The SMILES string of the molecule is NS(=O)(=O)C1CC(=O)N(c2cccc(-n3ccnc3)c2)C1. The van der Waals surface area contributed by atoms with Gasteiger partial charge in [-0.2, -0.15) is 0 Å². The number of primary sulfonamides is 1. The maximum absolute atomic E-state index is 12.0. The molecule has 1 aromatic heterocycles. The fourth-order valence-electron chi connectivity index (χ4n) is 2.38. The molecule has 1 atom stereocenters. The Morgan fingerprint density at radius 1 is 1.29 bits per heavy atom. The van der Waals surface area contributed by atoms with Gasteiger partial charge < -0.3 is 9.47 Å². The number of imidazole rings is 1. The molecule has 0 bridgehead atoms. The molecule has 2 N–H and O–H groups in total. The highest BCUT2D eigenvalue weighted by molar-refractivity contribution is 7.89. The van der Waals surface area contributed by atoms with Crippen LogP contribution < -0.4 is 10.0 Å². The molecule has 1 unspecified atom stereocenters. The summed E-state index contributed by atoms with van der Waals surface area (Å²) in [6.07, 6.45) is 5.02. The average molecular weight is 306 g/mol. The molecule has 2 aromatic rings. The van der Waals surface area contributed by atoms with E-state index in [0.29, 0.717) is 5.69 Å². The monoisotopic (exact) mass is 306 g/mol. The first-order valence-corrected chi connectivity index (χ1v) is 7.96. The van der Waals surface area contributed by atoms with Gasteiger partial charge in [-0.15, -0.1) is 0 Å². The Morgan fingerprint density at radius 3 is 2.67 bits per heavy atom. The summed E-state index contributed by atoms with van der Waals surface area (Å²) < 4.78 is 24.6. The van der Waals surface area contributed by atoms with Crippen molar-refractivity contribution in [3.05, 3.63) is 43.0 Å². The Labute approximate surface area is 122 Å². The van der Waals surface area contributed by atoms with Gasteiger partial charge >= 0.3 is 0 Å². The van der Waals surface area contributed by atoms with Gasteiger partial charge in [0, 0.05) is 36.7 Å². The Bertz CT molecular complexity index is 770. The molecule has 8 heteroatoms. The van der Waals surface area contributed by atoms with E-state index in [4.69, 9.17) is 5.14 Å². The van der Waals surface area contributed by atoms with Crippen LogP contribution in [0.1, 0.15) is 6.42 Å². The number of nitrogens with two attached hydrogens (primary N) is 1. The fourth-order valence-corrected chi connectivity index (χ4v) is 3.11. The third kappa shape index (κ3) is 2.67. The summed E-state index contributed by atoms with van der Waals surface area (Å²) in [6.45, 7) is 0.0883. The van der Waals surface area contributed by atoms with Crippen molar-refractivity contribution in [2.45, 2.75) is 11.7 Å². The lowest BCUT2D eigenvalue weighted by atomic mass is 10.2. The minimum Gasteiger partial charge on any atom is -0.311 e. The number of aromatic nitrogens is 2. The molecule has 7 nitrogen and oxygen atoms in total. The quantitative estimate of drug-likeness (QED) is 0.879. The van der Waals surface area contributed by atoms with E-state index < -0.39 is 15.3 Å². The van der Waals surface area contributed by atoms with Crippen LogP contribution in [0.2, 0.25) is 0 Å². The van der Waals surface area contributed by atoms with Crippen molar-refractivity contribution in [1.82, 2.24) is 9.55 Å². The van der Waals surface area contributed by atoms with E-state index in [1.807, 2.05) is 18.2 Å². The van der Waals surface area contributed by atoms with Crippen molar-refractivity contribution in [2.24, 2.45) is 5.14 Å². The molecular weight excluding hydrogens is 292 g/mol. The molecule has 1 aliphatic rings. The molecule has 110 valence electrons. The van der Waals surface area contributed by atoms with Crippen molar-refractivity contribution in [2.75, 3.05) is 11.4 Å². The van der Waals surface area contributed by atoms with Gasteiger partial charge in [0.2, 0.25) is 15.9 Å². The zero-order valence-electron chi connectivity index (χ0n) is 11.1. The standard InChI is InChI=1S/C13H14N4O3S/c14-21(19,20)12-7-13(18)17(8-12)11-3-1-2-10(6-11)16-5-4-15-9-16/h1-6,9,12H,7-8H2,(H2,14,19,20). The maximum atomic E-state index is 12.0. The number of nitrogens with zero attached hydrogens (tertiary/aromatic N) is 3. The molecule has 0 aliphatic carbocycles. The van der Waals surface area contributed by atoms with Crippen LogP contribution in [0.5, 0.6) is 0 Å². The van der Waals surface area contributed by atoms with Gasteiger partial charge in [-0.05, 0) is 18.2 Å². The zero-order chi connectivity index (χ0) is 15.0. The number of hydrogen-bond donors (Lipinski definition) is 1. The molecule has 0 radical (unpaired) electrons. The zero-order valence-corrected chi connectivity index (χ0v) is 11.9. The van der Waals surface area contributed by atoms with Crippen LogP contribution in [0.15, 0.2) is 43.0 Å². The van der Waals surface area contributed by atoms with Gasteiger partial charge in [-0.3, -0.25) is 4.79 Å².